The highest BCUT2D eigenvalue weighted by molar-refractivity contribution is 7.99. The molecule has 0 bridgehead atoms. The Labute approximate surface area is 146 Å². The zero-order valence-electron chi connectivity index (χ0n) is 14.6. The largest absolute Gasteiger partial charge is 0.289 e. The van der Waals surface area contributed by atoms with Crippen molar-refractivity contribution in [3.63, 3.8) is 0 Å². The van der Waals surface area contributed by atoms with Gasteiger partial charge in [-0.3, -0.25) is 19.6 Å². The highest BCUT2D eigenvalue weighted by Crippen LogP contribution is 2.18. The number of rotatable bonds is 7. The molecule has 0 saturated carbocycles. The van der Waals surface area contributed by atoms with Gasteiger partial charge in [0.2, 0.25) is 5.91 Å². The van der Waals surface area contributed by atoms with Crippen molar-refractivity contribution < 1.29 is 4.79 Å². The van der Waals surface area contributed by atoms with Crippen LogP contribution < -0.4 is 11.0 Å². The van der Waals surface area contributed by atoms with E-state index in [4.69, 9.17) is 0 Å². The van der Waals surface area contributed by atoms with Gasteiger partial charge in [0.1, 0.15) is 0 Å². The molecular weight excluding hydrogens is 324 g/mol. The number of para-hydroxylation sites is 1. The maximum atomic E-state index is 12.8. The van der Waals surface area contributed by atoms with Crippen molar-refractivity contribution >= 4 is 28.6 Å². The smallest absolute Gasteiger partial charge is 0.262 e. The first-order chi connectivity index (χ1) is 11.4. The molecule has 0 spiro atoms. The lowest BCUT2D eigenvalue weighted by molar-refractivity contribution is -0.122. The second-order valence-corrected chi connectivity index (χ2v) is 7.21. The second kappa shape index (κ2) is 8.30. The van der Waals surface area contributed by atoms with Crippen molar-refractivity contribution in [3.05, 3.63) is 34.6 Å². The molecule has 1 heterocycles. The van der Waals surface area contributed by atoms with Crippen LogP contribution in [0, 0.1) is 5.92 Å². The molecule has 1 aromatic heterocycles. The Morgan fingerprint density at radius 3 is 2.71 bits per heavy atom. The normalized spacial score (nSPS) is 11.4. The molecule has 1 N–H and O–H groups in total. The molecule has 0 fully saturated rings. The Morgan fingerprint density at radius 2 is 2.04 bits per heavy atom. The molecule has 0 atom stereocenters. The Hall–Kier alpha value is -1.86. The van der Waals surface area contributed by atoms with Crippen LogP contribution in [0.5, 0.6) is 0 Å². The molecule has 24 heavy (non-hydrogen) atoms. The minimum atomic E-state index is -0.122. The first-order valence-corrected chi connectivity index (χ1v) is 8.96. The molecule has 1 aromatic carbocycles. The maximum Gasteiger partial charge on any atom is 0.262 e. The van der Waals surface area contributed by atoms with Gasteiger partial charge in [0.15, 0.2) is 5.16 Å². The number of carbonyl (C=O) groups excluding carboxylic acids is 1. The summed E-state index contributed by atoms with van der Waals surface area (Å²) in [6, 6.07) is 7.33. The van der Waals surface area contributed by atoms with Gasteiger partial charge in [-0.15, -0.1) is 0 Å². The number of benzene rings is 1. The summed E-state index contributed by atoms with van der Waals surface area (Å²) in [6.07, 6.45) is 0.886. The van der Waals surface area contributed by atoms with Gasteiger partial charge in [0.05, 0.1) is 16.7 Å². The van der Waals surface area contributed by atoms with Gasteiger partial charge in [-0.2, -0.15) is 0 Å². The number of hydrogen-bond acceptors (Lipinski definition) is 5. The summed E-state index contributed by atoms with van der Waals surface area (Å²) in [7, 11) is 3.52. The fourth-order valence-corrected chi connectivity index (χ4v) is 3.07. The lowest BCUT2D eigenvalue weighted by atomic mass is 10.1. The van der Waals surface area contributed by atoms with Crippen LogP contribution in [0.3, 0.4) is 0 Å². The third-order valence-corrected chi connectivity index (χ3v) is 4.41. The van der Waals surface area contributed by atoms with Crippen LogP contribution in [0.2, 0.25) is 0 Å². The van der Waals surface area contributed by atoms with E-state index in [1.807, 2.05) is 18.2 Å². The van der Waals surface area contributed by atoms with Gasteiger partial charge in [-0.1, -0.05) is 37.7 Å². The van der Waals surface area contributed by atoms with Gasteiger partial charge in [-0.25, -0.2) is 9.99 Å². The second-order valence-electron chi connectivity index (χ2n) is 6.27. The average molecular weight is 348 g/mol. The molecule has 7 heteroatoms. The van der Waals surface area contributed by atoms with Gasteiger partial charge >= 0.3 is 0 Å². The topological polar surface area (TPSA) is 67.2 Å². The Balaban J connectivity index is 2.33. The third-order valence-electron chi connectivity index (χ3n) is 3.44. The summed E-state index contributed by atoms with van der Waals surface area (Å²) in [5, 5.41) is 2.80. The van der Waals surface area contributed by atoms with E-state index in [0.29, 0.717) is 28.5 Å². The molecule has 130 valence electrons. The van der Waals surface area contributed by atoms with Gasteiger partial charge in [0.25, 0.3) is 5.56 Å². The molecule has 0 unspecified atom stereocenters. The fourth-order valence-electron chi connectivity index (χ4n) is 2.25. The number of nitrogens with zero attached hydrogens (tertiary/aromatic N) is 3. The quantitative estimate of drug-likeness (QED) is 0.472. The van der Waals surface area contributed by atoms with Crippen LogP contribution in [-0.4, -0.2) is 40.3 Å². The van der Waals surface area contributed by atoms with Crippen molar-refractivity contribution in [2.45, 2.75) is 32.0 Å². The minimum absolute atomic E-state index is 0.0447. The molecule has 0 aliphatic carbocycles. The first-order valence-electron chi connectivity index (χ1n) is 7.97. The summed E-state index contributed by atoms with van der Waals surface area (Å²) in [6.45, 7) is 4.85. The lowest BCUT2D eigenvalue weighted by Crippen LogP contribution is -2.37. The monoisotopic (exact) mass is 348 g/mol. The van der Waals surface area contributed by atoms with Crippen LogP contribution in [0.4, 0.5) is 0 Å². The van der Waals surface area contributed by atoms with Crippen molar-refractivity contribution in [2.24, 2.45) is 5.92 Å². The Bertz CT molecular complexity index is 771. The molecule has 2 aromatic rings. The van der Waals surface area contributed by atoms with E-state index in [1.165, 1.54) is 11.8 Å². The number of aromatic nitrogens is 2. The number of fused-ring (bicyclic) bond motifs is 1. The molecule has 0 aliphatic rings. The predicted molar refractivity (Wildman–Crippen MR) is 98.0 cm³/mol. The van der Waals surface area contributed by atoms with Crippen LogP contribution in [0.15, 0.2) is 34.2 Å². The SMILES string of the molecule is CC(C)CCn1c(SCC(=O)NN(C)C)nc2ccccc2c1=O. The number of amides is 1. The van der Waals surface area contributed by atoms with Crippen LogP contribution in [0.1, 0.15) is 20.3 Å². The molecule has 0 saturated heterocycles. The minimum Gasteiger partial charge on any atom is -0.289 e. The number of hydrazine groups is 1. The summed E-state index contributed by atoms with van der Waals surface area (Å²) < 4.78 is 1.69. The summed E-state index contributed by atoms with van der Waals surface area (Å²) in [4.78, 5) is 29.2. The average Bonchev–Trinajstić information content (AvgIpc) is 2.51. The van der Waals surface area contributed by atoms with Crippen molar-refractivity contribution in [1.82, 2.24) is 20.0 Å². The van der Waals surface area contributed by atoms with E-state index in [0.717, 1.165) is 6.42 Å². The van der Waals surface area contributed by atoms with Gasteiger partial charge in [0, 0.05) is 20.6 Å². The molecular formula is C17H24N4O2S. The predicted octanol–water partition coefficient (Wildman–Crippen LogP) is 2.13. The van der Waals surface area contributed by atoms with Crippen LogP contribution in [-0.2, 0) is 11.3 Å². The third kappa shape index (κ3) is 4.82. The summed E-state index contributed by atoms with van der Waals surface area (Å²) >= 11 is 1.29. The summed E-state index contributed by atoms with van der Waals surface area (Å²) in [5.74, 6) is 0.575. The number of thioether (sulfide) groups is 1. The number of nitrogens with one attached hydrogen (secondary N) is 1. The zero-order chi connectivity index (χ0) is 17.7. The highest BCUT2D eigenvalue weighted by Gasteiger charge is 2.13. The Kier molecular flexibility index (Phi) is 6.39. The van der Waals surface area contributed by atoms with Crippen molar-refractivity contribution in [3.8, 4) is 0 Å². The number of carbonyl (C=O) groups is 1. The number of hydrogen-bond donors (Lipinski definition) is 1. The van der Waals surface area contributed by atoms with Gasteiger partial charge < -0.3 is 0 Å². The standard InChI is InChI=1S/C17H24N4O2S/c1-12(2)9-10-21-16(23)13-7-5-6-8-14(13)18-17(21)24-11-15(22)19-20(3)4/h5-8,12H,9-11H2,1-4H3,(H,19,22). The van der Waals surface area contributed by atoms with Crippen molar-refractivity contribution in [2.75, 3.05) is 19.8 Å². The first kappa shape index (κ1) is 18.5. The van der Waals surface area contributed by atoms with E-state index in [2.05, 4.69) is 24.3 Å². The van der Waals surface area contributed by atoms with E-state index < -0.39 is 0 Å². The molecule has 0 radical (unpaired) electrons. The fraction of sp³-hybridized carbons (Fsp3) is 0.471. The molecule has 1 amide bonds. The van der Waals surface area contributed by atoms with Crippen LogP contribution >= 0.6 is 11.8 Å². The van der Waals surface area contributed by atoms with E-state index in [1.54, 1.807) is 29.7 Å². The van der Waals surface area contributed by atoms with E-state index in [-0.39, 0.29) is 17.2 Å². The van der Waals surface area contributed by atoms with E-state index in [9.17, 15) is 9.59 Å². The Morgan fingerprint density at radius 1 is 1.33 bits per heavy atom. The highest BCUT2D eigenvalue weighted by atomic mass is 32.2. The maximum absolute atomic E-state index is 12.8. The summed E-state index contributed by atoms with van der Waals surface area (Å²) in [5.41, 5.74) is 3.31. The van der Waals surface area contributed by atoms with Crippen LogP contribution in [0.25, 0.3) is 10.9 Å². The van der Waals surface area contributed by atoms with Crippen molar-refractivity contribution in [1.29, 1.82) is 0 Å². The zero-order valence-corrected chi connectivity index (χ0v) is 15.4. The molecule has 2 rings (SSSR count). The van der Waals surface area contributed by atoms with Gasteiger partial charge in [-0.05, 0) is 24.5 Å². The molecule has 0 aliphatic heterocycles. The molecule has 6 nitrogen and oxygen atoms in total. The van der Waals surface area contributed by atoms with E-state index >= 15 is 0 Å². The lowest BCUT2D eigenvalue weighted by Gasteiger charge is -2.15.